The Bertz CT molecular complexity index is 573. The molecule has 1 amide bonds. The molecule has 112 valence electrons. The fourth-order valence-corrected chi connectivity index (χ4v) is 2.77. The molecule has 1 aliphatic rings. The Morgan fingerprint density at radius 3 is 2.57 bits per heavy atom. The summed E-state index contributed by atoms with van der Waals surface area (Å²) in [6.45, 7) is 6.91. The van der Waals surface area contributed by atoms with E-state index in [9.17, 15) is 10.1 Å². The van der Waals surface area contributed by atoms with Gasteiger partial charge < -0.3 is 15.1 Å². The van der Waals surface area contributed by atoms with E-state index in [0.717, 1.165) is 23.7 Å². The first-order valence-electron chi connectivity index (χ1n) is 6.80. The van der Waals surface area contributed by atoms with Gasteiger partial charge in [-0.05, 0) is 20.9 Å². The molecule has 1 aromatic heterocycles. The highest BCUT2D eigenvalue weighted by Crippen LogP contribution is 2.21. The summed E-state index contributed by atoms with van der Waals surface area (Å²) >= 11 is 1.51. The normalized spacial score (nSPS) is 16.7. The van der Waals surface area contributed by atoms with Gasteiger partial charge in [0.25, 0.3) is 5.91 Å². The van der Waals surface area contributed by atoms with Crippen LogP contribution in [0.25, 0.3) is 0 Å². The number of hydrogen-bond donors (Lipinski definition) is 1. The van der Waals surface area contributed by atoms with Gasteiger partial charge in [0.15, 0.2) is 5.13 Å². The molecule has 0 bridgehead atoms. The molecular weight excluding hydrogens is 286 g/mol. The van der Waals surface area contributed by atoms with Gasteiger partial charge >= 0.3 is 0 Å². The maximum absolute atomic E-state index is 12.3. The minimum atomic E-state index is -0.219. The van der Waals surface area contributed by atoms with Crippen LogP contribution in [0.4, 0.5) is 5.13 Å². The van der Waals surface area contributed by atoms with Crippen LogP contribution in [0.3, 0.4) is 0 Å². The minimum absolute atomic E-state index is 0.116. The standard InChI is InChI=1S/C14H19N5OS/c1-10-11(2)21-14(17-10)16-9-12(8-15)13(20)19-6-4-18(3)5-7-19/h9H,4-7H2,1-3H3,(H,16,17)/b12-9-. The molecule has 1 aliphatic heterocycles. The van der Waals surface area contributed by atoms with E-state index in [1.807, 2.05) is 27.0 Å². The van der Waals surface area contributed by atoms with Crippen LogP contribution in [0.15, 0.2) is 11.8 Å². The Morgan fingerprint density at radius 1 is 1.38 bits per heavy atom. The maximum atomic E-state index is 12.3. The summed E-state index contributed by atoms with van der Waals surface area (Å²) in [6, 6.07) is 1.97. The van der Waals surface area contributed by atoms with Gasteiger partial charge in [-0.25, -0.2) is 4.98 Å². The molecule has 2 rings (SSSR count). The summed E-state index contributed by atoms with van der Waals surface area (Å²) in [7, 11) is 2.03. The Kier molecular flexibility index (Phi) is 4.94. The zero-order chi connectivity index (χ0) is 15.4. The van der Waals surface area contributed by atoms with Gasteiger partial charge in [0.2, 0.25) is 0 Å². The third kappa shape index (κ3) is 3.80. The molecule has 1 aromatic rings. The van der Waals surface area contributed by atoms with E-state index in [0.29, 0.717) is 18.2 Å². The number of nitrogens with one attached hydrogen (secondary N) is 1. The van der Waals surface area contributed by atoms with E-state index in [4.69, 9.17) is 0 Å². The predicted molar refractivity (Wildman–Crippen MR) is 83.0 cm³/mol. The van der Waals surface area contributed by atoms with E-state index in [-0.39, 0.29) is 11.5 Å². The van der Waals surface area contributed by atoms with Crippen molar-refractivity contribution >= 4 is 22.4 Å². The number of thiazole rings is 1. The number of aryl methyl sites for hydroxylation is 2. The number of nitriles is 1. The zero-order valence-electron chi connectivity index (χ0n) is 12.5. The SMILES string of the molecule is Cc1nc(N/C=C(/C#N)C(=O)N2CCN(C)CC2)sc1C. The van der Waals surface area contributed by atoms with Crippen LogP contribution in [0, 0.1) is 25.2 Å². The summed E-state index contributed by atoms with van der Waals surface area (Å²) < 4.78 is 0. The van der Waals surface area contributed by atoms with Crippen molar-refractivity contribution in [3.05, 3.63) is 22.3 Å². The van der Waals surface area contributed by atoms with Crippen LogP contribution < -0.4 is 5.32 Å². The van der Waals surface area contributed by atoms with E-state index in [1.54, 1.807) is 4.90 Å². The van der Waals surface area contributed by atoms with Gasteiger partial charge in [-0.3, -0.25) is 4.79 Å². The third-order valence-corrected chi connectivity index (χ3v) is 4.51. The highest BCUT2D eigenvalue weighted by atomic mass is 32.1. The summed E-state index contributed by atoms with van der Waals surface area (Å²) in [5, 5.41) is 12.8. The van der Waals surface area contributed by atoms with Crippen molar-refractivity contribution in [2.45, 2.75) is 13.8 Å². The number of carbonyl (C=O) groups is 1. The maximum Gasteiger partial charge on any atom is 0.266 e. The van der Waals surface area contributed by atoms with E-state index < -0.39 is 0 Å². The van der Waals surface area contributed by atoms with E-state index in [1.165, 1.54) is 17.5 Å². The molecule has 0 radical (unpaired) electrons. The number of piperazine rings is 1. The number of likely N-dealkylation sites (N-methyl/N-ethyl adjacent to an activating group) is 1. The molecular formula is C14H19N5OS. The molecule has 1 N–H and O–H groups in total. The zero-order valence-corrected chi connectivity index (χ0v) is 13.3. The van der Waals surface area contributed by atoms with Crippen LogP contribution in [0.2, 0.25) is 0 Å². The second-order valence-corrected chi connectivity index (χ2v) is 6.27. The van der Waals surface area contributed by atoms with Gasteiger partial charge in [0.05, 0.1) is 5.69 Å². The predicted octanol–water partition coefficient (Wildman–Crippen LogP) is 1.35. The lowest BCUT2D eigenvalue weighted by atomic mass is 10.2. The van der Waals surface area contributed by atoms with E-state index in [2.05, 4.69) is 15.2 Å². The molecule has 0 saturated carbocycles. The number of nitrogens with zero attached hydrogens (tertiary/aromatic N) is 4. The Morgan fingerprint density at radius 2 is 2.05 bits per heavy atom. The van der Waals surface area contributed by atoms with Gasteiger partial charge in [-0.1, -0.05) is 0 Å². The first kappa shape index (κ1) is 15.5. The number of aromatic nitrogens is 1. The molecule has 0 spiro atoms. The molecule has 0 unspecified atom stereocenters. The van der Waals surface area contributed by atoms with Crippen LogP contribution in [-0.4, -0.2) is 53.9 Å². The molecule has 21 heavy (non-hydrogen) atoms. The molecule has 6 nitrogen and oxygen atoms in total. The summed E-state index contributed by atoms with van der Waals surface area (Å²) in [4.78, 5) is 21.6. The van der Waals surface area contributed by atoms with Crippen molar-refractivity contribution in [1.82, 2.24) is 14.8 Å². The van der Waals surface area contributed by atoms with Crippen LogP contribution in [-0.2, 0) is 4.79 Å². The highest BCUT2D eigenvalue weighted by molar-refractivity contribution is 7.15. The van der Waals surface area contributed by atoms with Gasteiger partial charge in [0, 0.05) is 37.3 Å². The summed E-state index contributed by atoms with van der Waals surface area (Å²) in [5.41, 5.74) is 1.07. The van der Waals surface area contributed by atoms with Crippen molar-refractivity contribution in [2.24, 2.45) is 0 Å². The van der Waals surface area contributed by atoms with Crippen LogP contribution >= 0.6 is 11.3 Å². The van der Waals surface area contributed by atoms with Gasteiger partial charge in [0.1, 0.15) is 11.6 Å². The highest BCUT2D eigenvalue weighted by Gasteiger charge is 2.22. The van der Waals surface area contributed by atoms with Gasteiger partial charge in [-0.15, -0.1) is 11.3 Å². The second-order valence-electron chi connectivity index (χ2n) is 5.07. The molecule has 1 fully saturated rings. The largest absolute Gasteiger partial charge is 0.337 e. The lowest BCUT2D eigenvalue weighted by Gasteiger charge is -2.32. The smallest absolute Gasteiger partial charge is 0.266 e. The Balaban J connectivity index is 2.03. The van der Waals surface area contributed by atoms with Crippen molar-refractivity contribution in [2.75, 3.05) is 38.5 Å². The third-order valence-electron chi connectivity index (χ3n) is 3.51. The topological polar surface area (TPSA) is 72.3 Å². The first-order valence-corrected chi connectivity index (χ1v) is 7.61. The fourth-order valence-electron chi connectivity index (χ4n) is 1.99. The van der Waals surface area contributed by atoms with Crippen molar-refractivity contribution in [3.63, 3.8) is 0 Å². The van der Waals surface area contributed by atoms with Crippen molar-refractivity contribution in [3.8, 4) is 6.07 Å². The molecule has 7 heteroatoms. The summed E-state index contributed by atoms with van der Waals surface area (Å²) in [6.07, 6.45) is 1.46. The number of hydrogen-bond acceptors (Lipinski definition) is 6. The number of anilines is 1. The molecule has 2 heterocycles. The van der Waals surface area contributed by atoms with E-state index >= 15 is 0 Å². The Labute approximate surface area is 128 Å². The van der Waals surface area contributed by atoms with Crippen LogP contribution in [0.5, 0.6) is 0 Å². The molecule has 0 atom stereocenters. The lowest BCUT2D eigenvalue weighted by molar-refractivity contribution is -0.128. The lowest BCUT2D eigenvalue weighted by Crippen LogP contribution is -2.47. The summed E-state index contributed by atoms with van der Waals surface area (Å²) in [5.74, 6) is -0.219. The Hall–Kier alpha value is -1.91. The monoisotopic (exact) mass is 305 g/mol. The number of rotatable bonds is 3. The van der Waals surface area contributed by atoms with Crippen molar-refractivity contribution < 1.29 is 4.79 Å². The molecule has 0 aliphatic carbocycles. The van der Waals surface area contributed by atoms with Gasteiger partial charge in [-0.2, -0.15) is 5.26 Å². The molecule has 1 saturated heterocycles. The number of amides is 1. The quantitative estimate of drug-likeness (QED) is 0.674. The second kappa shape index (κ2) is 6.70. The molecule has 0 aromatic carbocycles. The van der Waals surface area contributed by atoms with Crippen molar-refractivity contribution in [1.29, 1.82) is 5.26 Å². The minimum Gasteiger partial charge on any atom is -0.337 e. The average Bonchev–Trinajstić information content (AvgIpc) is 2.79. The fraction of sp³-hybridized carbons (Fsp3) is 0.500. The first-order chi connectivity index (χ1) is 10.0. The number of carbonyl (C=O) groups excluding carboxylic acids is 1. The van der Waals surface area contributed by atoms with Crippen LogP contribution in [0.1, 0.15) is 10.6 Å². The average molecular weight is 305 g/mol.